The zero-order chi connectivity index (χ0) is 13.1. The average Bonchev–Trinajstić information content (AvgIpc) is 2.98. The first-order valence-electron chi connectivity index (χ1n) is 7.92. The van der Waals surface area contributed by atoms with Gasteiger partial charge in [-0.15, -0.1) is 0 Å². The summed E-state index contributed by atoms with van der Waals surface area (Å²) in [4.78, 5) is 2.63. The lowest BCUT2D eigenvalue weighted by Crippen LogP contribution is -2.33. The molecule has 2 saturated heterocycles. The van der Waals surface area contributed by atoms with Crippen molar-refractivity contribution in [3.8, 4) is 0 Å². The number of nitrogens with one attached hydrogen (secondary N) is 1. The number of benzene rings is 1. The van der Waals surface area contributed by atoms with Gasteiger partial charge < -0.3 is 10.2 Å². The van der Waals surface area contributed by atoms with Gasteiger partial charge in [0.2, 0.25) is 0 Å². The highest BCUT2D eigenvalue weighted by Crippen LogP contribution is 2.33. The lowest BCUT2D eigenvalue weighted by molar-refractivity contribution is 0.276. The average molecular weight is 258 g/mol. The Morgan fingerprint density at radius 2 is 1.89 bits per heavy atom. The van der Waals surface area contributed by atoms with Crippen LogP contribution in [0, 0.1) is 11.8 Å². The normalized spacial score (nSPS) is 24.9. The molecule has 1 atom stereocenters. The third kappa shape index (κ3) is 2.79. The first-order valence-corrected chi connectivity index (χ1v) is 7.92. The highest BCUT2D eigenvalue weighted by atomic mass is 15.2. The smallest absolute Gasteiger partial charge is 0.0398 e. The van der Waals surface area contributed by atoms with Gasteiger partial charge in [-0.2, -0.15) is 0 Å². The van der Waals surface area contributed by atoms with Crippen molar-refractivity contribution in [2.24, 2.45) is 11.8 Å². The fourth-order valence-electron chi connectivity index (χ4n) is 3.82. The Balaban J connectivity index is 1.67. The van der Waals surface area contributed by atoms with Crippen molar-refractivity contribution >= 4 is 5.69 Å². The first kappa shape index (κ1) is 13.0. The van der Waals surface area contributed by atoms with Gasteiger partial charge >= 0.3 is 0 Å². The highest BCUT2D eigenvalue weighted by molar-refractivity contribution is 5.54. The van der Waals surface area contributed by atoms with E-state index in [0.717, 1.165) is 18.3 Å². The minimum absolute atomic E-state index is 0.923. The zero-order valence-electron chi connectivity index (χ0n) is 12.1. The monoisotopic (exact) mass is 258 g/mol. The molecule has 19 heavy (non-hydrogen) atoms. The molecule has 0 aliphatic carbocycles. The molecule has 0 aromatic heterocycles. The molecular formula is C17H26N2. The van der Waals surface area contributed by atoms with E-state index in [0.29, 0.717) is 0 Å². The number of nitrogens with zero attached hydrogens (tertiary/aromatic N) is 1. The van der Waals surface area contributed by atoms with Crippen molar-refractivity contribution < 1.29 is 0 Å². The fourth-order valence-corrected chi connectivity index (χ4v) is 3.82. The van der Waals surface area contributed by atoms with E-state index < -0.39 is 0 Å². The van der Waals surface area contributed by atoms with Gasteiger partial charge in [-0.3, -0.25) is 0 Å². The Bertz CT molecular complexity index is 409. The van der Waals surface area contributed by atoms with Crippen LogP contribution in [0.5, 0.6) is 0 Å². The summed E-state index contributed by atoms with van der Waals surface area (Å²) in [6.45, 7) is 7.26. The molecule has 2 aliphatic heterocycles. The maximum absolute atomic E-state index is 3.49. The van der Waals surface area contributed by atoms with E-state index >= 15 is 0 Å². The molecule has 0 amide bonds. The minimum Gasteiger partial charge on any atom is -0.371 e. The highest BCUT2D eigenvalue weighted by Gasteiger charge is 2.30. The molecule has 1 aromatic carbocycles. The fraction of sp³-hybridized carbons (Fsp3) is 0.647. The number of rotatable bonds is 3. The SMILES string of the molecule is CCc1ccccc1N1CCC(C2CCNCC2)C1. The Kier molecular flexibility index (Phi) is 4.07. The molecule has 0 saturated carbocycles. The van der Waals surface area contributed by atoms with Crippen LogP contribution in [0.3, 0.4) is 0 Å². The van der Waals surface area contributed by atoms with Crippen LogP contribution in [0.1, 0.15) is 31.7 Å². The van der Waals surface area contributed by atoms with Crippen LogP contribution in [0.15, 0.2) is 24.3 Å². The molecule has 2 heteroatoms. The van der Waals surface area contributed by atoms with E-state index in [9.17, 15) is 0 Å². The van der Waals surface area contributed by atoms with Crippen LogP contribution in [-0.4, -0.2) is 26.2 Å². The van der Waals surface area contributed by atoms with E-state index in [4.69, 9.17) is 0 Å². The number of aryl methyl sites for hydroxylation is 1. The third-order valence-corrected chi connectivity index (χ3v) is 4.99. The molecule has 104 valence electrons. The van der Waals surface area contributed by atoms with E-state index in [-0.39, 0.29) is 0 Å². The second-order valence-corrected chi connectivity index (χ2v) is 6.06. The summed E-state index contributed by atoms with van der Waals surface area (Å²) in [5.41, 5.74) is 3.00. The van der Waals surface area contributed by atoms with Crippen LogP contribution < -0.4 is 10.2 Å². The van der Waals surface area contributed by atoms with Crippen LogP contribution in [-0.2, 0) is 6.42 Å². The molecule has 2 aliphatic rings. The summed E-state index contributed by atoms with van der Waals surface area (Å²) in [5.74, 6) is 1.88. The minimum atomic E-state index is 0.923. The lowest BCUT2D eigenvalue weighted by atomic mass is 9.84. The molecule has 1 N–H and O–H groups in total. The third-order valence-electron chi connectivity index (χ3n) is 4.99. The summed E-state index contributed by atoms with van der Waals surface area (Å²) in [6.07, 6.45) is 5.30. The zero-order valence-corrected chi connectivity index (χ0v) is 12.1. The Morgan fingerprint density at radius 1 is 1.11 bits per heavy atom. The largest absolute Gasteiger partial charge is 0.371 e. The molecule has 3 rings (SSSR count). The summed E-state index contributed by atoms with van der Waals surface area (Å²) in [6, 6.07) is 8.95. The molecule has 2 heterocycles. The summed E-state index contributed by atoms with van der Waals surface area (Å²) in [7, 11) is 0. The van der Waals surface area contributed by atoms with Gasteiger partial charge in [0.15, 0.2) is 0 Å². The molecular weight excluding hydrogens is 232 g/mol. The molecule has 0 radical (unpaired) electrons. The lowest BCUT2D eigenvalue weighted by Gasteiger charge is -2.28. The second-order valence-electron chi connectivity index (χ2n) is 6.06. The quantitative estimate of drug-likeness (QED) is 0.896. The van der Waals surface area contributed by atoms with Gasteiger partial charge in [-0.1, -0.05) is 25.1 Å². The van der Waals surface area contributed by atoms with E-state index in [1.165, 1.54) is 56.7 Å². The molecule has 0 bridgehead atoms. The topological polar surface area (TPSA) is 15.3 Å². The predicted molar refractivity (Wildman–Crippen MR) is 81.7 cm³/mol. The molecule has 2 nitrogen and oxygen atoms in total. The standard InChI is InChI=1S/C17H26N2/c1-2-14-5-3-4-6-17(14)19-12-9-16(13-19)15-7-10-18-11-8-15/h3-6,15-16,18H,2,7-13H2,1H3. The van der Waals surface area contributed by atoms with Gasteiger partial charge in [-0.25, -0.2) is 0 Å². The number of anilines is 1. The van der Waals surface area contributed by atoms with Crippen LogP contribution in [0.4, 0.5) is 5.69 Å². The van der Waals surface area contributed by atoms with Crippen molar-refractivity contribution in [3.05, 3.63) is 29.8 Å². The van der Waals surface area contributed by atoms with Crippen molar-refractivity contribution in [3.63, 3.8) is 0 Å². The van der Waals surface area contributed by atoms with Crippen LogP contribution in [0.25, 0.3) is 0 Å². The van der Waals surface area contributed by atoms with Crippen LogP contribution >= 0.6 is 0 Å². The van der Waals surface area contributed by atoms with E-state index in [1.54, 1.807) is 0 Å². The van der Waals surface area contributed by atoms with Gasteiger partial charge in [0.05, 0.1) is 0 Å². The van der Waals surface area contributed by atoms with Crippen molar-refractivity contribution in [2.75, 3.05) is 31.1 Å². The van der Waals surface area contributed by atoms with Crippen molar-refractivity contribution in [2.45, 2.75) is 32.6 Å². The maximum Gasteiger partial charge on any atom is 0.0398 e. The number of hydrogen-bond donors (Lipinski definition) is 1. The van der Waals surface area contributed by atoms with Crippen molar-refractivity contribution in [1.29, 1.82) is 0 Å². The molecule has 1 aromatic rings. The number of para-hydroxylation sites is 1. The van der Waals surface area contributed by atoms with E-state index in [2.05, 4.69) is 41.4 Å². The number of hydrogen-bond acceptors (Lipinski definition) is 2. The second kappa shape index (κ2) is 5.96. The molecule has 1 unspecified atom stereocenters. The molecule has 2 fully saturated rings. The Labute approximate surface area is 117 Å². The Hall–Kier alpha value is -1.02. The van der Waals surface area contributed by atoms with Gasteiger partial charge in [-0.05, 0) is 62.2 Å². The van der Waals surface area contributed by atoms with Gasteiger partial charge in [0.25, 0.3) is 0 Å². The summed E-state index contributed by atoms with van der Waals surface area (Å²) in [5, 5.41) is 3.49. The predicted octanol–water partition coefficient (Wildman–Crippen LogP) is 3.07. The summed E-state index contributed by atoms with van der Waals surface area (Å²) >= 11 is 0. The van der Waals surface area contributed by atoms with Crippen molar-refractivity contribution in [1.82, 2.24) is 5.32 Å². The van der Waals surface area contributed by atoms with Crippen LogP contribution in [0.2, 0.25) is 0 Å². The maximum atomic E-state index is 3.49. The molecule has 0 spiro atoms. The Morgan fingerprint density at radius 3 is 2.68 bits per heavy atom. The van der Waals surface area contributed by atoms with Gasteiger partial charge in [0, 0.05) is 18.8 Å². The summed E-state index contributed by atoms with van der Waals surface area (Å²) < 4.78 is 0. The number of piperidine rings is 1. The first-order chi connectivity index (χ1) is 9.38. The van der Waals surface area contributed by atoms with E-state index in [1.807, 2.05) is 0 Å². The van der Waals surface area contributed by atoms with Gasteiger partial charge in [0.1, 0.15) is 0 Å².